The van der Waals surface area contributed by atoms with Gasteiger partial charge in [0.2, 0.25) is 0 Å². The maximum Gasteiger partial charge on any atom is 0 e. The summed E-state index contributed by atoms with van der Waals surface area (Å²) >= 11 is 0. The Morgan fingerprint density at radius 2 is 1.17 bits per heavy atom. The van der Waals surface area contributed by atoms with E-state index >= 15 is 0 Å². The van der Waals surface area contributed by atoms with E-state index in [-0.39, 0.29) is 139 Å². The van der Waals surface area contributed by atoms with Gasteiger partial charge in [-0.15, -0.1) is 0 Å². The third kappa shape index (κ3) is 23.6. The third-order valence-electron chi connectivity index (χ3n) is 0. The van der Waals surface area contributed by atoms with Gasteiger partial charge in [0.05, 0.1) is 0 Å². The molecule has 6 heavy (non-hydrogen) atoms. The molecule has 0 unspecified atom stereocenters. The first-order chi connectivity index (χ1) is 0. The van der Waals surface area contributed by atoms with E-state index in [4.69, 9.17) is 0 Å². The zero-order valence-electron chi connectivity index (χ0n) is 5.51. The predicted molar refractivity (Wildman–Crippen MR) is 35.0 cm³/mol. The van der Waals surface area contributed by atoms with Crippen molar-refractivity contribution in [2.45, 2.75) is 0 Å². The molecule has 0 aliphatic carbocycles. The predicted octanol–water partition coefficient (Wildman–Crippen LogP) is -3.18. The van der Waals surface area contributed by atoms with Crippen molar-refractivity contribution in [2.75, 3.05) is 0 Å². The summed E-state index contributed by atoms with van der Waals surface area (Å²) in [6, 6.07) is 0. The van der Waals surface area contributed by atoms with Gasteiger partial charge in [-0.1, -0.05) is 0 Å². The van der Waals surface area contributed by atoms with E-state index < -0.39 is 0 Å². The van der Waals surface area contributed by atoms with Crippen LogP contribution < -0.4 is 0 Å². The zero-order valence-corrected chi connectivity index (χ0v) is 20.3. The molecule has 0 saturated carbocycles. The fraction of sp³-hybridized carbons (Fsp3) is 0. The number of hydrogen-bond acceptors (Lipinski definition) is 0. The molecule has 0 aromatic heterocycles. The van der Waals surface area contributed by atoms with Crippen molar-refractivity contribution in [3.63, 3.8) is 0 Å². The van der Waals surface area contributed by atoms with Gasteiger partial charge in [-0.25, -0.2) is 0 Å². The van der Waals surface area contributed by atoms with Crippen molar-refractivity contribution < 1.29 is 41.1 Å². The molecule has 3 radical (unpaired) electrons. The molecule has 0 aliphatic rings. The fourth-order valence-corrected chi connectivity index (χ4v) is 0. The van der Waals surface area contributed by atoms with Gasteiger partial charge in [-0.2, -0.15) is 0 Å². The van der Waals surface area contributed by atoms with Crippen molar-refractivity contribution in [3.8, 4) is 0 Å². The van der Waals surface area contributed by atoms with Crippen LogP contribution in [0.4, 0.5) is 0 Å². The Balaban J connectivity index is 0. The van der Waals surface area contributed by atoms with Crippen LogP contribution in [0.1, 0.15) is 2.85 Å². The molecule has 0 aliphatic heterocycles. The second-order valence-corrected chi connectivity index (χ2v) is 0. The minimum absolute atomic E-state index is 0. The molecule has 0 N–H and O–H groups in total. The summed E-state index contributed by atoms with van der Waals surface area (Å²) in [6.07, 6.45) is 0. The molecule has 0 aromatic carbocycles. The summed E-state index contributed by atoms with van der Waals surface area (Å²) in [7, 11) is 0. The average Bonchev–Trinajstić information content (AvgIpc) is 0. The molecule has 0 fully saturated rings. The number of hydrogen-bond donors (Lipinski definition) is 0. The van der Waals surface area contributed by atoms with Crippen LogP contribution in [0.15, 0.2) is 0 Å². The van der Waals surface area contributed by atoms with E-state index in [1.165, 1.54) is 0 Å². The van der Waals surface area contributed by atoms with Gasteiger partial charge in [0.25, 0.3) is 0 Å². The van der Waals surface area contributed by atoms with Gasteiger partial charge in [0, 0.05) is 38.2 Å². The Morgan fingerprint density at radius 1 is 1.17 bits per heavy atom. The SMILES string of the molecule is [BiH3].[H-].[H-].[Mg+2].[Ni].[SbH2].[SnH2].[Ti]. The molecule has 0 nitrogen and oxygen atoms in total. The maximum atomic E-state index is 0. The van der Waals surface area contributed by atoms with Crippen LogP contribution in [0.3, 0.4) is 0 Å². The van der Waals surface area contributed by atoms with E-state index in [0.717, 1.165) is 0 Å². The van der Waals surface area contributed by atoms with Crippen molar-refractivity contribution in [1.82, 2.24) is 0 Å². The van der Waals surface area contributed by atoms with Gasteiger partial charge in [-0.05, 0) is 0 Å². The molecule has 0 rings (SSSR count). The van der Waals surface area contributed by atoms with Crippen LogP contribution in [0.5, 0.6) is 0 Å². The minimum Gasteiger partial charge on any atom is 0 e. The summed E-state index contributed by atoms with van der Waals surface area (Å²) in [5.41, 5.74) is 0. The molecule has 39 valence electrons. The summed E-state index contributed by atoms with van der Waals surface area (Å²) in [6.45, 7) is 0. The molecule has 0 saturated heterocycles. The van der Waals surface area contributed by atoms with Gasteiger partial charge >= 0.3 is 97.6 Å². The Hall–Kier alpha value is 4.47. The van der Waals surface area contributed by atoms with E-state index in [0.29, 0.717) is 0 Å². The fourth-order valence-electron chi connectivity index (χ4n) is 0. The first-order valence-corrected chi connectivity index (χ1v) is 0. The van der Waals surface area contributed by atoms with E-state index in [1.54, 1.807) is 0 Å². The molecule has 6 heteroatoms. The maximum absolute atomic E-state index is 0. The normalized spacial score (nSPS) is 0. The van der Waals surface area contributed by atoms with E-state index in [1.807, 2.05) is 0 Å². The largest absolute Gasteiger partial charge is 0 e. The molecule has 0 bridgehead atoms. The topological polar surface area (TPSA) is 0 Å². The Labute approximate surface area is 136 Å². The van der Waals surface area contributed by atoms with Crippen LogP contribution in [0.2, 0.25) is 0 Å². The molecule has 0 spiro atoms. The van der Waals surface area contributed by atoms with Crippen LogP contribution in [0.25, 0.3) is 0 Å². The smallest absolute Gasteiger partial charge is 0 e. The van der Waals surface area contributed by atoms with E-state index in [2.05, 4.69) is 0 Å². The number of rotatable bonds is 0. The van der Waals surface area contributed by atoms with Crippen molar-refractivity contribution in [1.29, 1.82) is 0 Å². The molecule has 0 amide bonds. The van der Waals surface area contributed by atoms with Crippen LogP contribution in [-0.4, -0.2) is 97.6 Å². The average molecular weight is 589 g/mol. The summed E-state index contributed by atoms with van der Waals surface area (Å²) < 4.78 is 0. The second-order valence-electron chi connectivity index (χ2n) is 0. The zero-order chi connectivity index (χ0) is 0. The van der Waals surface area contributed by atoms with Gasteiger partial charge < -0.3 is 2.85 Å². The Kier molecular flexibility index (Phi) is 266. The van der Waals surface area contributed by atoms with Crippen LogP contribution in [-0.2, 0) is 38.2 Å². The standard InChI is InChI=1S/Bi.Mg.Ni.Sb.Sn.Ti.9H/q;+2;;;;;;;;;;;;2*-1. The first-order valence-electron chi connectivity index (χ1n) is 0. The van der Waals surface area contributed by atoms with Gasteiger partial charge in [0.15, 0.2) is 0 Å². The second kappa shape index (κ2) is 34.0. The molecule has 0 atom stereocenters. The molecule has 0 aromatic rings. The molecule has 0 heterocycles. The Morgan fingerprint density at radius 3 is 1.17 bits per heavy atom. The van der Waals surface area contributed by atoms with Gasteiger partial charge in [0.1, 0.15) is 0 Å². The molecular formula is H9BiMgNiSbSnTi. The van der Waals surface area contributed by atoms with Crippen molar-refractivity contribution >= 4 is 97.6 Å². The minimum atomic E-state index is 0. The summed E-state index contributed by atoms with van der Waals surface area (Å²) in [4.78, 5) is 0. The van der Waals surface area contributed by atoms with Crippen LogP contribution >= 0.6 is 0 Å². The first kappa shape index (κ1) is 47.0. The summed E-state index contributed by atoms with van der Waals surface area (Å²) in [5, 5.41) is 0. The quantitative estimate of drug-likeness (QED) is 0.262. The monoisotopic (exact) mass is 589 g/mol. The van der Waals surface area contributed by atoms with Crippen LogP contribution in [0, 0.1) is 0 Å². The van der Waals surface area contributed by atoms with Gasteiger partial charge in [-0.3, -0.25) is 0 Å². The summed E-state index contributed by atoms with van der Waals surface area (Å²) in [5.74, 6) is 0. The third-order valence-corrected chi connectivity index (χ3v) is 0. The van der Waals surface area contributed by atoms with Crippen molar-refractivity contribution in [3.05, 3.63) is 0 Å². The molecular weight excluding hydrogens is 580 g/mol. The van der Waals surface area contributed by atoms with Crippen molar-refractivity contribution in [2.24, 2.45) is 0 Å². The van der Waals surface area contributed by atoms with E-state index in [9.17, 15) is 0 Å². The Bertz CT molecular complexity index is 22.0.